The van der Waals surface area contributed by atoms with Crippen LogP contribution in [0.3, 0.4) is 0 Å². The number of aliphatic carboxylic acids is 1. The van der Waals surface area contributed by atoms with E-state index in [1.54, 1.807) is 16.2 Å². The molecular weight excluding hydrogens is 272 g/mol. The molecule has 4 nitrogen and oxygen atoms in total. The van der Waals surface area contributed by atoms with E-state index in [4.69, 9.17) is 11.5 Å². The van der Waals surface area contributed by atoms with E-state index >= 15 is 0 Å². The molecule has 102 valence electrons. The first-order chi connectivity index (χ1) is 9.69. The summed E-state index contributed by atoms with van der Waals surface area (Å²) < 4.78 is 0. The molecule has 0 aliphatic carbocycles. The summed E-state index contributed by atoms with van der Waals surface area (Å²) in [6, 6.07) is 9.88. The van der Waals surface area contributed by atoms with E-state index in [1.807, 2.05) is 35.7 Å². The maximum absolute atomic E-state index is 10.8. The molecule has 1 aromatic heterocycles. The second kappa shape index (κ2) is 6.85. The lowest BCUT2D eigenvalue weighted by atomic mass is 10.2. The van der Waals surface area contributed by atoms with Gasteiger partial charge in [0.05, 0.1) is 18.8 Å². The van der Waals surface area contributed by atoms with E-state index in [1.165, 1.54) is 0 Å². The first-order valence-electron chi connectivity index (χ1n) is 6.06. The van der Waals surface area contributed by atoms with Gasteiger partial charge in [-0.05, 0) is 0 Å². The molecule has 0 spiro atoms. The van der Waals surface area contributed by atoms with Gasteiger partial charge in [0.25, 0.3) is 0 Å². The van der Waals surface area contributed by atoms with Crippen molar-refractivity contribution in [2.75, 3.05) is 13.1 Å². The molecule has 0 atom stereocenters. The number of thiazole rings is 1. The van der Waals surface area contributed by atoms with E-state index in [2.05, 4.69) is 10.9 Å². The van der Waals surface area contributed by atoms with Crippen LogP contribution in [0, 0.1) is 12.3 Å². The Morgan fingerprint density at radius 1 is 1.40 bits per heavy atom. The highest BCUT2D eigenvalue weighted by Crippen LogP contribution is 2.23. The van der Waals surface area contributed by atoms with Crippen LogP contribution >= 0.6 is 11.3 Å². The number of carboxylic acids is 1. The highest BCUT2D eigenvalue weighted by molar-refractivity contribution is 7.13. The highest BCUT2D eigenvalue weighted by Gasteiger charge is 2.12. The Balaban J connectivity index is 2.08. The second-order valence-corrected chi connectivity index (χ2v) is 5.11. The van der Waals surface area contributed by atoms with Crippen LogP contribution in [0.25, 0.3) is 10.6 Å². The normalized spacial score (nSPS) is 10.4. The third-order valence-electron chi connectivity index (χ3n) is 2.63. The average Bonchev–Trinajstić information content (AvgIpc) is 2.88. The van der Waals surface area contributed by atoms with Crippen LogP contribution in [-0.4, -0.2) is 34.0 Å². The Morgan fingerprint density at radius 3 is 2.80 bits per heavy atom. The van der Waals surface area contributed by atoms with Crippen molar-refractivity contribution < 1.29 is 9.90 Å². The van der Waals surface area contributed by atoms with Crippen LogP contribution in [0.5, 0.6) is 0 Å². The number of aromatic nitrogens is 1. The van der Waals surface area contributed by atoms with Crippen molar-refractivity contribution in [3.63, 3.8) is 0 Å². The van der Waals surface area contributed by atoms with Gasteiger partial charge in [0, 0.05) is 17.5 Å². The van der Waals surface area contributed by atoms with Gasteiger partial charge in [0.15, 0.2) is 0 Å². The van der Waals surface area contributed by atoms with Crippen molar-refractivity contribution in [2.45, 2.75) is 6.54 Å². The van der Waals surface area contributed by atoms with Crippen molar-refractivity contribution in [2.24, 2.45) is 0 Å². The Labute approximate surface area is 121 Å². The predicted molar refractivity (Wildman–Crippen MR) is 79.3 cm³/mol. The molecular formula is C15H14N2O2S. The first kappa shape index (κ1) is 14.3. The number of hydrogen-bond acceptors (Lipinski definition) is 4. The topological polar surface area (TPSA) is 53.4 Å². The number of benzene rings is 1. The van der Waals surface area contributed by atoms with Crippen molar-refractivity contribution in [3.8, 4) is 22.9 Å². The number of carbonyl (C=O) groups is 1. The van der Waals surface area contributed by atoms with Gasteiger partial charge in [0.2, 0.25) is 0 Å². The van der Waals surface area contributed by atoms with Crippen LogP contribution < -0.4 is 0 Å². The molecule has 0 bridgehead atoms. The summed E-state index contributed by atoms with van der Waals surface area (Å²) >= 11 is 1.54. The van der Waals surface area contributed by atoms with E-state index in [9.17, 15) is 4.79 Å². The fraction of sp³-hybridized carbons (Fsp3) is 0.200. The van der Waals surface area contributed by atoms with Gasteiger partial charge in [-0.1, -0.05) is 36.3 Å². The van der Waals surface area contributed by atoms with Crippen LogP contribution in [-0.2, 0) is 11.3 Å². The molecule has 20 heavy (non-hydrogen) atoms. The minimum absolute atomic E-state index is 0.0810. The molecule has 0 saturated carbocycles. The molecule has 2 rings (SSSR count). The highest BCUT2D eigenvalue weighted by atomic mass is 32.1. The van der Waals surface area contributed by atoms with Gasteiger partial charge >= 0.3 is 5.97 Å². The monoisotopic (exact) mass is 286 g/mol. The molecule has 1 aromatic carbocycles. The average molecular weight is 286 g/mol. The number of rotatable bonds is 6. The van der Waals surface area contributed by atoms with Crippen LogP contribution in [0.1, 0.15) is 5.69 Å². The molecule has 0 fully saturated rings. The van der Waals surface area contributed by atoms with E-state index in [0.29, 0.717) is 13.1 Å². The van der Waals surface area contributed by atoms with Crippen molar-refractivity contribution in [1.29, 1.82) is 0 Å². The first-order valence-corrected chi connectivity index (χ1v) is 6.94. The molecule has 0 saturated heterocycles. The fourth-order valence-electron chi connectivity index (χ4n) is 1.81. The smallest absolute Gasteiger partial charge is 0.317 e. The van der Waals surface area contributed by atoms with E-state index in [-0.39, 0.29) is 6.54 Å². The third kappa shape index (κ3) is 3.92. The Bertz CT molecular complexity index is 616. The summed E-state index contributed by atoms with van der Waals surface area (Å²) in [6.07, 6.45) is 5.25. The van der Waals surface area contributed by atoms with Crippen molar-refractivity contribution in [1.82, 2.24) is 9.88 Å². The lowest BCUT2D eigenvalue weighted by molar-refractivity contribution is -0.138. The standard InChI is InChI=1S/C15H14N2O2S/c1-2-8-17(10-14(18)19)9-13-11-20-15(16-13)12-6-4-3-5-7-12/h1,3-7,11H,8-10H2,(H,18,19). The zero-order chi connectivity index (χ0) is 14.4. The van der Waals surface area contributed by atoms with E-state index in [0.717, 1.165) is 16.3 Å². The largest absolute Gasteiger partial charge is 0.480 e. The second-order valence-electron chi connectivity index (χ2n) is 4.25. The maximum atomic E-state index is 10.8. The van der Waals surface area contributed by atoms with Crippen molar-refractivity contribution in [3.05, 3.63) is 41.4 Å². The molecule has 1 heterocycles. The molecule has 5 heteroatoms. The van der Waals surface area contributed by atoms with Crippen molar-refractivity contribution >= 4 is 17.3 Å². The van der Waals surface area contributed by atoms with Gasteiger partial charge < -0.3 is 5.11 Å². The zero-order valence-electron chi connectivity index (χ0n) is 10.8. The van der Waals surface area contributed by atoms with Gasteiger partial charge in [-0.3, -0.25) is 9.69 Å². The molecule has 0 aliphatic heterocycles. The van der Waals surface area contributed by atoms with Gasteiger partial charge in [0.1, 0.15) is 5.01 Å². The summed E-state index contributed by atoms with van der Waals surface area (Å²) in [6.45, 7) is 0.659. The summed E-state index contributed by atoms with van der Waals surface area (Å²) in [7, 11) is 0. The van der Waals surface area contributed by atoms with Gasteiger partial charge in [-0.2, -0.15) is 0 Å². The Kier molecular flexibility index (Phi) is 4.88. The molecule has 0 radical (unpaired) electrons. The lowest BCUT2D eigenvalue weighted by Crippen LogP contribution is -2.29. The fourth-order valence-corrected chi connectivity index (χ4v) is 2.63. The summed E-state index contributed by atoms with van der Waals surface area (Å²) in [5.41, 5.74) is 1.90. The van der Waals surface area contributed by atoms with Crippen LogP contribution in [0.2, 0.25) is 0 Å². The molecule has 1 N–H and O–H groups in total. The molecule has 0 aliphatic rings. The Morgan fingerprint density at radius 2 is 2.15 bits per heavy atom. The van der Waals surface area contributed by atoms with Crippen LogP contribution in [0.15, 0.2) is 35.7 Å². The summed E-state index contributed by atoms with van der Waals surface area (Å²) in [5.74, 6) is 1.58. The minimum atomic E-state index is -0.890. The van der Waals surface area contributed by atoms with Crippen LogP contribution in [0.4, 0.5) is 0 Å². The van der Waals surface area contributed by atoms with Gasteiger partial charge in [-0.15, -0.1) is 17.8 Å². The number of hydrogen-bond donors (Lipinski definition) is 1. The molecule has 2 aromatic rings. The quantitative estimate of drug-likeness (QED) is 0.828. The lowest BCUT2D eigenvalue weighted by Gasteiger charge is -2.15. The number of nitrogens with zero attached hydrogens (tertiary/aromatic N) is 2. The number of terminal acetylenes is 1. The summed E-state index contributed by atoms with van der Waals surface area (Å²) in [4.78, 5) is 17.0. The molecule has 0 amide bonds. The maximum Gasteiger partial charge on any atom is 0.317 e. The molecule has 0 unspecified atom stereocenters. The SMILES string of the molecule is C#CCN(CC(=O)O)Cc1csc(-c2ccccc2)n1. The number of carboxylic acid groups (broad SMARTS) is 1. The summed E-state index contributed by atoms with van der Waals surface area (Å²) in [5, 5.41) is 11.7. The zero-order valence-corrected chi connectivity index (χ0v) is 11.6. The predicted octanol–water partition coefficient (Wildman–Crippen LogP) is 2.33. The minimum Gasteiger partial charge on any atom is -0.480 e. The Hall–Kier alpha value is -2.16. The van der Waals surface area contributed by atoms with E-state index < -0.39 is 5.97 Å². The third-order valence-corrected chi connectivity index (χ3v) is 3.57. The van der Waals surface area contributed by atoms with Gasteiger partial charge in [-0.25, -0.2) is 4.98 Å².